The van der Waals surface area contributed by atoms with E-state index in [0.717, 1.165) is 20.5 Å². The van der Waals surface area contributed by atoms with Crippen LogP contribution < -0.4 is 0 Å². The van der Waals surface area contributed by atoms with Crippen molar-refractivity contribution in [1.29, 1.82) is 5.26 Å². The summed E-state index contributed by atoms with van der Waals surface area (Å²) in [6.45, 7) is 0. The minimum Gasteiger partial charge on any atom is -0.192 e. The summed E-state index contributed by atoms with van der Waals surface area (Å²) < 4.78 is 1.15. The molecule has 70 valence electrons. The average molecular weight is 284 g/mol. The third-order valence-corrected chi connectivity index (χ3v) is 4.10. The molecular formula is C10H6BrNS2. The molecule has 1 heterocycles. The van der Waals surface area contributed by atoms with Gasteiger partial charge in [0, 0.05) is 14.9 Å². The molecule has 0 aliphatic heterocycles. The van der Waals surface area contributed by atoms with Crippen LogP contribution in [0.1, 0.15) is 11.1 Å². The lowest BCUT2D eigenvalue weighted by Gasteiger charge is -2.03. The molecule has 0 amide bonds. The topological polar surface area (TPSA) is 23.8 Å². The van der Waals surface area contributed by atoms with Crippen molar-refractivity contribution in [2.75, 3.05) is 0 Å². The third-order valence-electron chi connectivity index (χ3n) is 2.08. The van der Waals surface area contributed by atoms with Crippen LogP contribution in [0.15, 0.2) is 22.4 Å². The molecule has 2 aromatic rings. The van der Waals surface area contributed by atoms with Crippen LogP contribution in [0.25, 0.3) is 10.1 Å². The van der Waals surface area contributed by atoms with Crippen molar-refractivity contribution in [3.05, 3.63) is 28.6 Å². The van der Waals surface area contributed by atoms with Gasteiger partial charge in [0.15, 0.2) is 0 Å². The number of nitriles is 1. The Labute approximate surface area is 99.9 Å². The minimum absolute atomic E-state index is 0.706. The molecule has 0 spiro atoms. The fourth-order valence-corrected chi connectivity index (χ4v) is 3.27. The lowest BCUT2D eigenvalue weighted by atomic mass is 10.1. The number of hydrogen-bond acceptors (Lipinski definition) is 3. The Morgan fingerprint density at radius 1 is 1.57 bits per heavy atom. The number of halogens is 1. The summed E-state index contributed by atoms with van der Waals surface area (Å²) >= 11 is 9.43. The number of thiophene rings is 1. The molecule has 1 aromatic heterocycles. The predicted molar refractivity (Wildman–Crippen MR) is 66.4 cm³/mol. The van der Waals surface area contributed by atoms with Crippen LogP contribution in [0.4, 0.5) is 0 Å². The molecule has 0 N–H and O–H groups in total. The maximum atomic E-state index is 8.97. The molecule has 1 nitrogen and oxygen atoms in total. The van der Waals surface area contributed by atoms with Gasteiger partial charge in [0.2, 0.25) is 0 Å². The van der Waals surface area contributed by atoms with Gasteiger partial charge in [0.25, 0.3) is 0 Å². The van der Waals surface area contributed by atoms with Gasteiger partial charge in [-0.05, 0) is 28.5 Å². The van der Waals surface area contributed by atoms with Crippen LogP contribution in [0.2, 0.25) is 0 Å². The molecule has 0 unspecified atom stereocenters. The summed E-state index contributed by atoms with van der Waals surface area (Å²) in [7, 11) is 0. The first-order valence-corrected chi connectivity index (χ1v) is 6.41. The first-order valence-electron chi connectivity index (χ1n) is 3.96. The summed E-state index contributed by atoms with van der Waals surface area (Å²) in [5.74, 6) is 0. The highest BCUT2D eigenvalue weighted by Gasteiger charge is 2.10. The van der Waals surface area contributed by atoms with Crippen molar-refractivity contribution in [2.24, 2.45) is 0 Å². The Bertz CT molecular complexity index is 525. The molecule has 0 fully saturated rings. The Balaban J connectivity index is 2.90. The standard InChI is InChI=1S/C10H6BrNS2/c11-4-8-6(5-12)3-9(13)10-7(8)1-2-14-10/h1-3,13H,4H2. The summed E-state index contributed by atoms with van der Waals surface area (Å²) in [4.78, 5) is 0.885. The summed E-state index contributed by atoms with van der Waals surface area (Å²) in [5, 5.41) is 12.8. The SMILES string of the molecule is N#Cc1cc(S)c2sccc2c1CBr. The number of rotatable bonds is 1. The Morgan fingerprint density at radius 2 is 2.36 bits per heavy atom. The number of alkyl halides is 1. The molecular weight excluding hydrogens is 278 g/mol. The first-order chi connectivity index (χ1) is 6.77. The quantitative estimate of drug-likeness (QED) is 0.622. The highest BCUT2D eigenvalue weighted by Crippen LogP contribution is 2.33. The zero-order valence-electron chi connectivity index (χ0n) is 7.12. The third kappa shape index (κ3) is 1.46. The van der Waals surface area contributed by atoms with E-state index in [1.165, 1.54) is 0 Å². The fraction of sp³-hybridized carbons (Fsp3) is 0.100. The van der Waals surface area contributed by atoms with Gasteiger partial charge in [-0.15, -0.1) is 24.0 Å². The molecule has 4 heteroatoms. The van der Waals surface area contributed by atoms with Gasteiger partial charge in [-0.25, -0.2) is 0 Å². The molecule has 0 radical (unpaired) electrons. The molecule has 14 heavy (non-hydrogen) atoms. The molecule has 2 rings (SSSR count). The van der Waals surface area contributed by atoms with E-state index in [4.69, 9.17) is 5.26 Å². The molecule has 0 atom stereocenters. The van der Waals surface area contributed by atoms with Crippen molar-refractivity contribution in [3.63, 3.8) is 0 Å². The lowest BCUT2D eigenvalue weighted by molar-refractivity contribution is 1.38. The Kier molecular flexibility index (Phi) is 2.82. The number of hydrogen-bond donors (Lipinski definition) is 1. The van der Waals surface area contributed by atoms with Crippen LogP contribution in [0, 0.1) is 11.3 Å². The van der Waals surface area contributed by atoms with Crippen molar-refractivity contribution in [3.8, 4) is 6.07 Å². The number of thiol groups is 1. The van der Waals surface area contributed by atoms with Crippen LogP contribution in [0.3, 0.4) is 0 Å². The minimum atomic E-state index is 0.706. The smallest absolute Gasteiger partial charge is 0.0995 e. The van der Waals surface area contributed by atoms with Gasteiger partial charge < -0.3 is 0 Å². The lowest BCUT2D eigenvalue weighted by Crippen LogP contribution is -1.87. The van der Waals surface area contributed by atoms with E-state index in [2.05, 4.69) is 34.6 Å². The van der Waals surface area contributed by atoms with E-state index < -0.39 is 0 Å². The van der Waals surface area contributed by atoms with Crippen LogP contribution in [-0.4, -0.2) is 0 Å². The van der Waals surface area contributed by atoms with Crippen LogP contribution in [-0.2, 0) is 5.33 Å². The Hall–Kier alpha value is -0.500. The normalized spacial score (nSPS) is 10.4. The molecule has 0 bridgehead atoms. The highest BCUT2D eigenvalue weighted by atomic mass is 79.9. The first kappa shape index (κ1) is 10.0. The molecule has 0 aliphatic carbocycles. The van der Waals surface area contributed by atoms with Gasteiger partial charge in [0.1, 0.15) is 0 Å². The van der Waals surface area contributed by atoms with E-state index in [-0.39, 0.29) is 0 Å². The molecule has 0 saturated heterocycles. The van der Waals surface area contributed by atoms with Crippen molar-refractivity contribution in [2.45, 2.75) is 10.2 Å². The van der Waals surface area contributed by atoms with Gasteiger partial charge >= 0.3 is 0 Å². The zero-order chi connectivity index (χ0) is 10.1. The van der Waals surface area contributed by atoms with Crippen LogP contribution >= 0.6 is 39.9 Å². The van der Waals surface area contributed by atoms with Gasteiger partial charge in [0.05, 0.1) is 11.6 Å². The van der Waals surface area contributed by atoms with Gasteiger partial charge in [-0.2, -0.15) is 5.26 Å². The summed E-state index contributed by atoms with van der Waals surface area (Å²) in [5.41, 5.74) is 1.76. The van der Waals surface area contributed by atoms with Crippen molar-refractivity contribution in [1.82, 2.24) is 0 Å². The predicted octanol–water partition coefficient (Wildman–Crippen LogP) is 3.96. The summed E-state index contributed by atoms with van der Waals surface area (Å²) in [6.07, 6.45) is 0. The largest absolute Gasteiger partial charge is 0.192 e. The van der Waals surface area contributed by atoms with E-state index in [9.17, 15) is 0 Å². The monoisotopic (exact) mass is 283 g/mol. The second-order valence-corrected chi connectivity index (χ2v) is 4.79. The van der Waals surface area contributed by atoms with E-state index in [0.29, 0.717) is 10.9 Å². The maximum absolute atomic E-state index is 8.97. The molecule has 1 aromatic carbocycles. The number of nitrogens with zero attached hydrogens (tertiary/aromatic N) is 1. The summed E-state index contributed by atoms with van der Waals surface area (Å²) in [6, 6.07) is 6.07. The molecule has 0 aliphatic rings. The van der Waals surface area contributed by atoms with E-state index in [1.807, 2.05) is 17.5 Å². The van der Waals surface area contributed by atoms with Gasteiger partial charge in [-0.3, -0.25) is 0 Å². The van der Waals surface area contributed by atoms with E-state index in [1.54, 1.807) is 11.3 Å². The maximum Gasteiger partial charge on any atom is 0.0995 e. The number of benzene rings is 1. The second kappa shape index (κ2) is 3.93. The Morgan fingerprint density at radius 3 is 3.00 bits per heavy atom. The number of fused-ring (bicyclic) bond motifs is 1. The van der Waals surface area contributed by atoms with Crippen LogP contribution in [0.5, 0.6) is 0 Å². The van der Waals surface area contributed by atoms with Crippen molar-refractivity contribution >= 4 is 50.0 Å². The zero-order valence-corrected chi connectivity index (χ0v) is 10.4. The molecule has 0 saturated carbocycles. The second-order valence-electron chi connectivity index (χ2n) is 2.83. The van der Waals surface area contributed by atoms with Crippen molar-refractivity contribution < 1.29 is 0 Å². The van der Waals surface area contributed by atoms with E-state index >= 15 is 0 Å². The fourth-order valence-electron chi connectivity index (χ4n) is 1.42. The average Bonchev–Trinajstić information content (AvgIpc) is 2.66. The highest BCUT2D eigenvalue weighted by molar-refractivity contribution is 9.08. The van der Waals surface area contributed by atoms with Gasteiger partial charge in [-0.1, -0.05) is 15.9 Å².